The van der Waals surface area contributed by atoms with E-state index in [-0.39, 0.29) is 18.2 Å². The van der Waals surface area contributed by atoms with E-state index in [0.29, 0.717) is 29.6 Å². The third-order valence-electron chi connectivity index (χ3n) is 3.81. The Labute approximate surface area is 141 Å². The number of rotatable bonds is 6. The lowest BCUT2D eigenvalue weighted by molar-refractivity contribution is -0.0508. The van der Waals surface area contributed by atoms with Gasteiger partial charge in [0.05, 0.1) is 0 Å². The van der Waals surface area contributed by atoms with Gasteiger partial charge >= 0.3 is 6.61 Å². The Morgan fingerprint density at radius 1 is 1.41 bits per heavy atom. The highest BCUT2D eigenvalue weighted by Gasteiger charge is 2.21. The van der Waals surface area contributed by atoms with Gasteiger partial charge in [-0.15, -0.1) is 12.4 Å². The van der Waals surface area contributed by atoms with E-state index in [1.807, 2.05) is 0 Å². The molecule has 1 atom stereocenters. The molecule has 1 aliphatic heterocycles. The Morgan fingerprint density at radius 2 is 2.18 bits per heavy atom. The van der Waals surface area contributed by atoms with Crippen LogP contribution >= 0.6 is 24.0 Å². The molecular formula is C15H22Cl2F2N2O. The van der Waals surface area contributed by atoms with Crippen LogP contribution in [-0.4, -0.2) is 31.1 Å². The maximum Gasteiger partial charge on any atom is 0.387 e. The van der Waals surface area contributed by atoms with Gasteiger partial charge in [-0.2, -0.15) is 8.78 Å². The minimum atomic E-state index is -2.82. The van der Waals surface area contributed by atoms with Gasteiger partial charge in [-0.05, 0) is 56.5 Å². The molecule has 0 bridgehead atoms. The largest absolute Gasteiger partial charge is 0.434 e. The van der Waals surface area contributed by atoms with Gasteiger partial charge in [0.15, 0.2) is 0 Å². The third-order valence-corrected chi connectivity index (χ3v) is 4.05. The molecule has 2 rings (SSSR count). The average molecular weight is 355 g/mol. The lowest BCUT2D eigenvalue weighted by Crippen LogP contribution is -2.35. The normalized spacial score (nSPS) is 19.0. The first-order valence-corrected chi connectivity index (χ1v) is 7.62. The standard InChI is InChI=1S/C15H21ClF2N2O.ClH/c16-13-3-4-14(21-15(17)18)12(8-13)10-20-7-1-2-11(9-20)5-6-19;/h3-4,8,11,15H,1-2,5-7,9-10,19H2;1H. The van der Waals surface area contributed by atoms with Crippen LogP contribution in [0.4, 0.5) is 8.78 Å². The lowest BCUT2D eigenvalue weighted by atomic mass is 9.94. The maximum atomic E-state index is 12.5. The van der Waals surface area contributed by atoms with Crippen LogP contribution < -0.4 is 10.5 Å². The monoisotopic (exact) mass is 354 g/mol. The molecule has 7 heteroatoms. The Kier molecular flexibility index (Phi) is 8.39. The smallest absolute Gasteiger partial charge is 0.387 e. The molecule has 0 spiro atoms. The molecule has 0 amide bonds. The summed E-state index contributed by atoms with van der Waals surface area (Å²) in [5, 5.41) is 0.530. The van der Waals surface area contributed by atoms with Gasteiger partial charge in [0.1, 0.15) is 5.75 Å². The Morgan fingerprint density at radius 3 is 2.86 bits per heavy atom. The van der Waals surface area contributed by atoms with Crippen molar-refractivity contribution in [3.05, 3.63) is 28.8 Å². The van der Waals surface area contributed by atoms with Crippen LogP contribution in [0.5, 0.6) is 5.75 Å². The molecule has 1 aromatic rings. The molecule has 1 heterocycles. The van der Waals surface area contributed by atoms with Gasteiger partial charge in [0.2, 0.25) is 0 Å². The first kappa shape index (κ1) is 19.4. The minimum Gasteiger partial charge on any atom is -0.434 e. The van der Waals surface area contributed by atoms with Crippen molar-refractivity contribution < 1.29 is 13.5 Å². The SMILES string of the molecule is Cl.NCCC1CCCN(Cc2cc(Cl)ccc2OC(F)F)C1. The van der Waals surface area contributed by atoms with E-state index in [1.165, 1.54) is 12.5 Å². The van der Waals surface area contributed by atoms with Gasteiger partial charge < -0.3 is 10.5 Å². The van der Waals surface area contributed by atoms with E-state index in [0.717, 1.165) is 25.9 Å². The molecule has 1 aliphatic rings. The molecular weight excluding hydrogens is 333 g/mol. The summed E-state index contributed by atoms with van der Waals surface area (Å²) in [6.45, 7) is 0.342. The lowest BCUT2D eigenvalue weighted by Gasteiger charge is -2.33. The summed E-state index contributed by atoms with van der Waals surface area (Å²) in [6, 6.07) is 4.77. The zero-order valence-electron chi connectivity index (χ0n) is 12.3. The molecule has 22 heavy (non-hydrogen) atoms. The van der Waals surface area contributed by atoms with Crippen LogP contribution in [-0.2, 0) is 6.54 Å². The number of likely N-dealkylation sites (tertiary alicyclic amines) is 1. The van der Waals surface area contributed by atoms with E-state index in [9.17, 15) is 8.78 Å². The van der Waals surface area contributed by atoms with Crippen LogP contribution in [0.25, 0.3) is 0 Å². The van der Waals surface area contributed by atoms with Crippen LogP contribution in [0.15, 0.2) is 18.2 Å². The van der Waals surface area contributed by atoms with Crippen LogP contribution in [0.3, 0.4) is 0 Å². The zero-order chi connectivity index (χ0) is 15.2. The fourth-order valence-corrected chi connectivity index (χ4v) is 3.08. The minimum absolute atomic E-state index is 0. The predicted octanol–water partition coefficient (Wildman–Crippen LogP) is 3.92. The Bertz CT molecular complexity index is 461. The second kappa shape index (κ2) is 9.50. The van der Waals surface area contributed by atoms with E-state index in [1.54, 1.807) is 12.1 Å². The van der Waals surface area contributed by atoms with Crippen molar-refractivity contribution in [1.82, 2.24) is 4.90 Å². The van der Waals surface area contributed by atoms with Crippen molar-refractivity contribution in [1.29, 1.82) is 0 Å². The third kappa shape index (κ3) is 5.88. The number of piperidine rings is 1. The summed E-state index contributed by atoms with van der Waals surface area (Å²) >= 11 is 5.97. The van der Waals surface area contributed by atoms with Crippen molar-refractivity contribution in [2.75, 3.05) is 19.6 Å². The quantitative estimate of drug-likeness (QED) is 0.841. The summed E-state index contributed by atoms with van der Waals surface area (Å²) in [6.07, 6.45) is 3.30. The van der Waals surface area contributed by atoms with Crippen molar-refractivity contribution in [3.8, 4) is 5.75 Å². The van der Waals surface area contributed by atoms with Gasteiger partial charge in [-0.25, -0.2) is 0 Å². The van der Waals surface area contributed by atoms with Crippen molar-refractivity contribution >= 4 is 24.0 Å². The summed E-state index contributed by atoms with van der Waals surface area (Å²) in [5.41, 5.74) is 6.32. The molecule has 2 N–H and O–H groups in total. The first-order chi connectivity index (χ1) is 10.1. The molecule has 0 saturated carbocycles. The van der Waals surface area contributed by atoms with Crippen molar-refractivity contribution in [3.63, 3.8) is 0 Å². The number of ether oxygens (including phenoxy) is 1. The summed E-state index contributed by atoms with van der Waals surface area (Å²) in [5.74, 6) is 0.790. The number of nitrogens with zero attached hydrogens (tertiary/aromatic N) is 1. The highest BCUT2D eigenvalue weighted by molar-refractivity contribution is 6.30. The van der Waals surface area contributed by atoms with Crippen LogP contribution in [0.2, 0.25) is 5.02 Å². The van der Waals surface area contributed by atoms with E-state index in [2.05, 4.69) is 9.64 Å². The number of alkyl halides is 2. The predicted molar refractivity (Wildman–Crippen MR) is 87.0 cm³/mol. The second-order valence-electron chi connectivity index (χ2n) is 5.45. The molecule has 1 unspecified atom stereocenters. The molecule has 0 aliphatic carbocycles. The molecule has 0 radical (unpaired) electrons. The zero-order valence-corrected chi connectivity index (χ0v) is 13.9. The van der Waals surface area contributed by atoms with Crippen LogP contribution in [0, 0.1) is 5.92 Å². The maximum absolute atomic E-state index is 12.5. The van der Waals surface area contributed by atoms with E-state index < -0.39 is 6.61 Å². The molecule has 1 fully saturated rings. The average Bonchev–Trinajstić information content (AvgIpc) is 2.42. The number of nitrogens with two attached hydrogens (primary N) is 1. The van der Waals surface area contributed by atoms with Gasteiger partial charge in [-0.3, -0.25) is 4.90 Å². The van der Waals surface area contributed by atoms with Crippen molar-refractivity contribution in [2.45, 2.75) is 32.4 Å². The van der Waals surface area contributed by atoms with Crippen molar-refractivity contribution in [2.24, 2.45) is 11.7 Å². The van der Waals surface area contributed by atoms with Gasteiger partial charge in [0.25, 0.3) is 0 Å². The fourth-order valence-electron chi connectivity index (χ4n) is 2.89. The Balaban J connectivity index is 0.00000242. The Hall–Kier alpha value is -0.620. The number of hydrogen-bond donors (Lipinski definition) is 1. The molecule has 1 saturated heterocycles. The number of halogens is 4. The van der Waals surface area contributed by atoms with Gasteiger partial charge in [0, 0.05) is 23.7 Å². The van der Waals surface area contributed by atoms with E-state index >= 15 is 0 Å². The first-order valence-electron chi connectivity index (χ1n) is 7.24. The van der Waals surface area contributed by atoms with Crippen LogP contribution in [0.1, 0.15) is 24.8 Å². The fraction of sp³-hybridized carbons (Fsp3) is 0.600. The topological polar surface area (TPSA) is 38.5 Å². The van der Waals surface area contributed by atoms with E-state index in [4.69, 9.17) is 17.3 Å². The highest BCUT2D eigenvalue weighted by Crippen LogP contribution is 2.28. The molecule has 0 aromatic heterocycles. The molecule has 126 valence electrons. The van der Waals surface area contributed by atoms with Gasteiger partial charge in [-0.1, -0.05) is 11.6 Å². The summed E-state index contributed by atoms with van der Waals surface area (Å²) in [7, 11) is 0. The summed E-state index contributed by atoms with van der Waals surface area (Å²) in [4.78, 5) is 2.26. The summed E-state index contributed by atoms with van der Waals surface area (Å²) < 4.78 is 29.5. The molecule has 3 nitrogen and oxygen atoms in total. The highest BCUT2D eigenvalue weighted by atomic mass is 35.5. The number of benzene rings is 1. The number of hydrogen-bond acceptors (Lipinski definition) is 3. The second-order valence-corrected chi connectivity index (χ2v) is 5.89. The molecule has 1 aromatic carbocycles.